The minimum Gasteiger partial charge on any atom is -0.206 e. The fourth-order valence-corrected chi connectivity index (χ4v) is 3.57. The zero-order chi connectivity index (χ0) is 22.5. The first-order valence-corrected chi connectivity index (χ1v) is 10.4. The summed E-state index contributed by atoms with van der Waals surface area (Å²) in [6, 6.07) is 20.2. The molecule has 0 aromatic heterocycles. The summed E-state index contributed by atoms with van der Waals surface area (Å²) < 4.78 is 41.8. The molecule has 32 heavy (non-hydrogen) atoms. The standard InChI is InChI=1S/C29H21F3/c1-2-3-4-5-20-6-8-21(9-7-20)10-11-22-12-15-25-23(18-22)13-16-26(29(25)32)24-14-17-27(30)28(31)19-24/h2-3,6-9,12-19H,4-5H2,1H3/b3-2+. The molecule has 3 heteroatoms. The van der Waals surface area contributed by atoms with E-state index in [9.17, 15) is 8.78 Å². The van der Waals surface area contributed by atoms with Crippen LogP contribution in [0.25, 0.3) is 21.9 Å². The number of benzene rings is 4. The third-order valence-electron chi connectivity index (χ3n) is 5.33. The molecule has 0 N–H and O–H groups in total. The maximum atomic E-state index is 15.1. The van der Waals surface area contributed by atoms with Crippen LogP contribution in [0.2, 0.25) is 0 Å². The van der Waals surface area contributed by atoms with Crippen molar-refractivity contribution in [1.29, 1.82) is 0 Å². The van der Waals surface area contributed by atoms with Crippen molar-refractivity contribution in [2.24, 2.45) is 0 Å². The van der Waals surface area contributed by atoms with Crippen LogP contribution in [0.1, 0.15) is 30.0 Å². The SMILES string of the molecule is C/C=C/CCc1ccc(C#Cc2ccc3c(F)c(-c4ccc(F)c(F)c4)ccc3c2)cc1. The van der Waals surface area contributed by atoms with Gasteiger partial charge < -0.3 is 0 Å². The molecule has 4 aromatic rings. The predicted molar refractivity (Wildman–Crippen MR) is 125 cm³/mol. The summed E-state index contributed by atoms with van der Waals surface area (Å²) in [5, 5.41) is 1.10. The molecule has 0 unspecified atom stereocenters. The highest BCUT2D eigenvalue weighted by Gasteiger charge is 2.12. The average molecular weight is 426 g/mol. The fourth-order valence-electron chi connectivity index (χ4n) is 3.57. The first-order chi connectivity index (χ1) is 15.5. The Labute approximate surface area is 186 Å². The van der Waals surface area contributed by atoms with E-state index in [-0.39, 0.29) is 5.56 Å². The van der Waals surface area contributed by atoms with Crippen molar-refractivity contribution < 1.29 is 13.2 Å². The van der Waals surface area contributed by atoms with Gasteiger partial charge in [-0.2, -0.15) is 0 Å². The lowest BCUT2D eigenvalue weighted by atomic mass is 9.99. The lowest BCUT2D eigenvalue weighted by Gasteiger charge is -2.08. The van der Waals surface area contributed by atoms with Crippen LogP contribution in [0.5, 0.6) is 0 Å². The average Bonchev–Trinajstić information content (AvgIpc) is 2.81. The summed E-state index contributed by atoms with van der Waals surface area (Å²) in [6.07, 6.45) is 6.23. The summed E-state index contributed by atoms with van der Waals surface area (Å²) >= 11 is 0. The van der Waals surface area contributed by atoms with Crippen LogP contribution in [0.3, 0.4) is 0 Å². The second-order valence-corrected chi connectivity index (χ2v) is 7.55. The van der Waals surface area contributed by atoms with Crippen LogP contribution in [0, 0.1) is 29.3 Å². The molecule has 0 radical (unpaired) electrons. The van der Waals surface area contributed by atoms with Crippen LogP contribution >= 0.6 is 0 Å². The zero-order valence-corrected chi connectivity index (χ0v) is 17.6. The third-order valence-corrected chi connectivity index (χ3v) is 5.33. The predicted octanol–water partition coefficient (Wildman–Crippen LogP) is 7.83. The first-order valence-electron chi connectivity index (χ1n) is 10.4. The Hall–Kier alpha value is -3.77. The van der Waals surface area contributed by atoms with Gasteiger partial charge in [-0.15, -0.1) is 0 Å². The molecule has 0 heterocycles. The Morgan fingerprint density at radius 3 is 2.25 bits per heavy atom. The number of hydrogen-bond acceptors (Lipinski definition) is 0. The molecule has 0 fully saturated rings. The normalized spacial score (nSPS) is 11.0. The Kier molecular flexibility index (Phi) is 6.42. The van der Waals surface area contributed by atoms with Gasteiger partial charge in [0.15, 0.2) is 11.6 Å². The molecule has 0 atom stereocenters. The summed E-state index contributed by atoms with van der Waals surface area (Å²) in [5.74, 6) is 3.85. The maximum Gasteiger partial charge on any atom is 0.159 e. The first kappa shape index (κ1) is 21.5. The van der Waals surface area contributed by atoms with E-state index in [0.717, 1.165) is 36.1 Å². The van der Waals surface area contributed by atoms with Crippen molar-refractivity contribution in [1.82, 2.24) is 0 Å². The number of halogens is 3. The van der Waals surface area contributed by atoms with Gasteiger partial charge in [0.2, 0.25) is 0 Å². The van der Waals surface area contributed by atoms with Gasteiger partial charge in [0.05, 0.1) is 0 Å². The number of fused-ring (bicyclic) bond motifs is 1. The van der Waals surface area contributed by atoms with Crippen molar-refractivity contribution in [3.05, 3.63) is 119 Å². The van der Waals surface area contributed by atoms with Gasteiger partial charge in [-0.05, 0) is 72.7 Å². The van der Waals surface area contributed by atoms with Crippen LogP contribution < -0.4 is 0 Å². The van der Waals surface area contributed by atoms with Gasteiger partial charge in [-0.25, -0.2) is 13.2 Å². The molecule has 0 aliphatic heterocycles. The highest BCUT2D eigenvalue weighted by Crippen LogP contribution is 2.30. The van der Waals surface area contributed by atoms with E-state index in [1.165, 1.54) is 11.6 Å². The number of hydrogen-bond donors (Lipinski definition) is 0. The molecule has 4 aromatic carbocycles. The van der Waals surface area contributed by atoms with Crippen molar-refractivity contribution >= 4 is 10.8 Å². The molecular formula is C29H21F3. The molecule has 0 aliphatic rings. The largest absolute Gasteiger partial charge is 0.206 e. The minimum absolute atomic E-state index is 0.227. The lowest BCUT2D eigenvalue weighted by molar-refractivity contribution is 0.509. The lowest BCUT2D eigenvalue weighted by Crippen LogP contribution is -1.90. The van der Waals surface area contributed by atoms with Gasteiger partial charge in [-0.1, -0.05) is 60.4 Å². The quantitative estimate of drug-likeness (QED) is 0.230. The Bertz CT molecular complexity index is 1350. The van der Waals surface area contributed by atoms with E-state index < -0.39 is 17.5 Å². The monoisotopic (exact) mass is 426 g/mol. The van der Waals surface area contributed by atoms with Crippen molar-refractivity contribution in [3.63, 3.8) is 0 Å². The fraction of sp³-hybridized carbons (Fsp3) is 0.103. The maximum absolute atomic E-state index is 15.1. The van der Waals surface area contributed by atoms with Gasteiger partial charge in [0.25, 0.3) is 0 Å². The van der Waals surface area contributed by atoms with E-state index >= 15 is 4.39 Å². The number of allylic oxidation sites excluding steroid dienone is 2. The second-order valence-electron chi connectivity index (χ2n) is 7.55. The summed E-state index contributed by atoms with van der Waals surface area (Å²) in [7, 11) is 0. The molecule has 0 bridgehead atoms. The molecule has 4 rings (SSSR count). The minimum atomic E-state index is -1.00. The zero-order valence-electron chi connectivity index (χ0n) is 17.6. The smallest absolute Gasteiger partial charge is 0.159 e. The van der Waals surface area contributed by atoms with E-state index in [1.807, 2.05) is 25.1 Å². The Morgan fingerprint density at radius 2 is 1.50 bits per heavy atom. The van der Waals surface area contributed by atoms with E-state index in [0.29, 0.717) is 16.3 Å². The van der Waals surface area contributed by atoms with E-state index in [2.05, 4.69) is 36.1 Å². The van der Waals surface area contributed by atoms with Gasteiger partial charge in [-0.3, -0.25) is 0 Å². The molecule has 0 saturated carbocycles. The van der Waals surface area contributed by atoms with E-state index in [1.54, 1.807) is 24.3 Å². The van der Waals surface area contributed by atoms with Gasteiger partial charge >= 0.3 is 0 Å². The van der Waals surface area contributed by atoms with Crippen LogP contribution in [0.4, 0.5) is 13.2 Å². The number of rotatable bonds is 4. The molecule has 0 saturated heterocycles. The van der Waals surface area contributed by atoms with Crippen molar-refractivity contribution in [2.45, 2.75) is 19.8 Å². The second kappa shape index (κ2) is 9.58. The van der Waals surface area contributed by atoms with Crippen LogP contribution in [-0.2, 0) is 6.42 Å². The molecular weight excluding hydrogens is 405 g/mol. The van der Waals surface area contributed by atoms with Crippen LogP contribution in [0.15, 0.2) is 84.9 Å². The van der Waals surface area contributed by atoms with Crippen molar-refractivity contribution in [2.75, 3.05) is 0 Å². The van der Waals surface area contributed by atoms with Crippen LogP contribution in [-0.4, -0.2) is 0 Å². The summed E-state index contributed by atoms with van der Waals surface area (Å²) in [6.45, 7) is 2.02. The third kappa shape index (κ3) is 4.76. The van der Waals surface area contributed by atoms with Gasteiger partial charge in [0, 0.05) is 22.1 Å². The molecule has 0 aliphatic carbocycles. The Balaban J connectivity index is 1.58. The molecule has 0 nitrogen and oxygen atoms in total. The highest BCUT2D eigenvalue weighted by molar-refractivity contribution is 5.89. The van der Waals surface area contributed by atoms with E-state index in [4.69, 9.17) is 0 Å². The summed E-state index contributed by atoms with van der Waals surface area (Å²) in [4.78, 5) is 0. The topological polar surface area (TPSA) is 0 Å². The Morgan fingerprint density at radius 1 is 0.750 bits per heavy atom. The molecule has 0 spiro atoms. The van der Waals surface area contributed by atoms with Crippen molar-refractivity contribution in [3.8, 4) is 23.0 Å². The highest BCUT2D eigenvalue weighted by atomic mass is 19.2. The molecule has 0 amide bonds. The van der Waals surface area contributed by atoms with Gasteiger partial charge in [0.1, 0.15) is 5.82 Å². The number of aryl methyl sites for hydroxylation is 1. The summed E-state index contributed by atoms with van der Waals surface area (Å²) in [5.41, 5.74) is 3.48. The molecule has 158 valence electrons.